The Hall–Kier alpha value is -2.76. The summed E-state index contributed by atoms with van der Waals surface area (Å²) >= 11 is 0. The summed E-state index contributed by atoms with van der Waals surface area (Å²) < 4.78 is 11.4. The van der Waals surface area contributed by atoms with E-state index in [1.165, 1.54) is 0 Å². The fourth-order valence-corrected chi connectivity index (χ4v) is 2.28. The number of hydrogen-bond acceptors (Lipinski definition) is 4. The molecule has 0 bridgehead atoms. The summed E-state index contributed by atoms with van der Waals surface area (Å²) in [5.74, 6) is 1.45. The van der Waals surface area contributed by atoms with Crippen LogP contribution in [-0.4, -0.2) is 36.8 Å². The van der Waals surface area contributed by atoms with E-state index >= 15 is 0 Å². The van der Waals surface area contributed by atoms with E-state index in [-0.39, 0.29) is 12.1 Å². The Bertz CT molecular complexity index is 649. The minimum atomic E-state index is -0.219. The molecule has 1 atom stereocenters. The average Bonchev–Trinajstić information content (AvgIpc) is 2.61. The molecular formula is C17H19N3O3. The lowest BCUT2D eigenvalue weighted by atomic mass is 10.2. The molecule has 3 rings (SSSR count). The summed E-state index contributed by atoms with van der Waals surface area (Å²) in [6, 6.07) is 13.0. The number of carbonyl (C=O) groups excluding carboxylic acids is 1. The first kappa shape index (κ1) is 15.1. The van der Waals surface area contributed by atoms with Gasteiger partial charge < -0.3 is 20.1 Å². The van der Waals surface area contributed by atoms with Crippen LogP contribution in [0.25, 0.3) is 0 Å². The maximum Gasteiger partial charge on any atom is 0.314 e. The van der Waals surface area contributed by atoms with Gasteiger partial charge in [-0.2, -0.15) is 0 Å². The first-order chi connectivity index (χ1) is 11.3. The molecule has 0 aliphatic carbocycles. The van der Waals surface area contributed by atoms with Crippen LogP contribution in [0.3, 0.4) is 0 Å². The fourth-order valence-electron chi connectivity index (χ4n) is 2.28. The van der Waals surface area contributed by atoms with Crippen LogP contribution in [0, 0.1) is 0 Å². The van der Waals surface area contributed by atoms with Crippen molar-refractivity contribution in [3.63, 3.8) is 0 Å². The molecule has 1 aliphatic heterocycles. The van der Waals surface area contributed by atoms with Crippen LogP contribution in [0.5, 0.6) is 11.5 Å². The number of rotatable bonds is 5. The molecule has 1 aromatic heterocycles. The van der Waals surface area contributed by atoms with Gasteiger partial charge in [-0.05, 0) is 24.3 Å². The molecule has 0 radical (unpaired) electrons. The van der Waals surface area contributed by atoms with Crippen LogP contribution in [0.15, 0.2) is 48.7 Å². The zero-order valence-electron chi connectivity index (χ0n) is 12.7. The number of ether oxygens (including phenoxy) is 2. The summed E-state index contributed by atoms with van der Waals surface area (Å²) in [5, 5.41) is 5.60. The van der Waals surface area contributed by atoms with Gasteiger partial charge in [0.2, 0.25) is 0 Å². The highest BCUT2D eigenvalue weighted by molar-refractivity contribution is 5.73. The van der Waals surface area contributed by atoms with Gasteiger partial charge in [0, 0.05) is 24.9 Å². The van der Waals surface area contributed by atoms with Gasteiger partial charge in [0.25, 0.3) is 0 Å². The van der Waals surface area contributed by atoms with Crippen LogP contribution in [0.4, 0.5) is 4.79 Å². The fraction of sp³-hybridized carbons (Fsp3) is 0.294. The molecule has 2 N–H and O–H groups in total. The van der Waals surface area contributed by atoms with E-state index < -0.39 is 0 Å². The predicted molar refractivity (Wildman–Crippen MR) is 85.7 cm³/mol. The lowest BCUT2D eigenvalue weighted by molar-refractivity contribution is 0.0918. The maximum atomic E-state index is 11.8. The van der Waals surface area contributed by atoms with Gasteiger partial charge in [-0.1, -0.05) is 18.2 Å². The second kappa shape index (κ2) is 7.49. The summed E-state index contributed by atoms with van der Waals surface area (Å²) in [6.45, 7) is 1.35. The minimum Gasteiger partial charge on any atom is -0.486 e. The Morgan fingerprint density at radius 1 is 1.13 bits per heavy atom. The van der Waals surface area contributed by atoms with E-state index in [9.17, 15) is 4.79 Å². The molecule has 0 saturated carbocycles. The molecule has 0 spiro atoms. The molecule has 1 aliphatic rings. The number of urea groups is 1. The third-order valence-electron chi connectivity index (χ3n) is 3.45. The first-order valence-electron chi connectivity index (χ1n) is 7.61. The molecule has 6 nitrogen and oxygen atoms in total. The average molecular weight is 313 g/mol. The summed E-state index contributed by atoms with van der Waals surface area (Å²) in [5.41, 5.74) is 0.952. The number of para-hydroxylation sites is 2. The van der Waals surface area contributed by atoms with Crippen molar-refractivity contribution in [2.45, 2.75) is 12.5 Å². The van der Waals surface area contributed by atoms with Gasteiger partial charge in [-0.15, -0.1) is 0 Å². The molecule has 2 aromatic rings. The number of hydrogen-bond donors (Lipinski definition) is 2. The molecule has 0 fully saturated rings. The van der Waals surface area contributed by atoms with Crippen LogP contribution >= 0.6 is 0 Å². The van der Waals surface area contributed by atoms with Gasteiger partial charge in [0.1, 0.15) is 6.61 Å². The number of nitrogens with one attached hydrogen (secondary N) is 2. The second-order valence-electron chi connectivity index (χ2n) is 5.21. The Kier molecular flexibility index (Phi) is 4.93. The van der Waals surface area contributed by atoms with E-state index in [2.05, 4.69) is 15.6 Å². The zero-order valence-corrected chi connectivity index (χ0v) is 12.7. The molecule has 0 saturated heterocycles. The highest BCUT2D eigenvalue weighted by atomic mass is 16.6. The standard InChI is InChI=1S/C17H19N3O3/c21-17(19-10-8-13-5-3-4-9-18-13)20-11-14-12-22-15-6-1-2-7-16(15)23-14/h1-7,9,14H,8,10-12H2,(H2,19,20,21). The normalized spacial score (nSPS) is 15.7. The monoisotopic (exact) mass is 313 g/mol. The van der Waals surface area contributed by atoms with Crippen molar-refractivity contribution in [2.24, 2.45) is 0 Å². The topological polar surface area (TPSA) is 72.5 Å². The zero-order chi connectivity index (χ0) is 15.9. The molecule has 2 heterocycles. The number of aromatic nitrogens is 1. The Labute approximate surface area is 134 Å². The third kappa shape index (κ3) is 4.35. The van der Waals surface area contributed by atoms with E-state index in [4.69, 9.17) is 9.47 Å². The third-order valence-corrected chi connectivity index (χ3v) is 3.45. The maximum absolute atomic E-state index is 11.8. The van der Waals surface area contributed by atoms with Crippen molar-refractivity contribution >= 4 is 6.03 Å². The van der Waals surface area contributed by atoms with Crippen molar-refractivity contribution in [3.05, 3.63) is 54.4 Å². The molecule has 6 heteroatoms. The largest absolute Gasteiger partial charge is 0.486 e. The summed E-state index contributed by atoms with van der Waals surface area (Å²) in [4.78, 5) is 16.0. The summed E-state index contributed by atoms with van der Waals surface area (Å²) in [6.07, 6.45) is 2.25. The van der Waals surface area contributed by atoms with Gasteiger partial charge >= 0.3 is 6.03 Å². The van der Waals surface area contributed by atoms with Crippen LogP contribution in [0.1, 0.15) is 5.69 Å². The van der Waals surface area contributed by atoms with Gasteiger partial charge in [-0.3, -0.25) is 4.98 Å². The highest BCUT2D eigenvalue weighted by Crippen LogP contribution is 2.30. The van der Waals surface area contributed by atoms with E-state index in [1.54, 1.807) is 6.20 Å². The van der Waals surface area contributed by atoms with Crippen molar-refractivity contribution in [3.8, 4) is 11.5 Å². The smallest absolute Gasteiger partial charge is 0.314 e. The number of carbonyl (C=O) groups is 1. The lowest BCUT2D eigenvalue weighted by Gasteiger charge is -2.26. The summed E-state index contributed by atoms with van der Waals surface area (Å²) in [7, 11) is 0. The van der Waals surface area contributed by atoms with Crippen LogP contribution < -0.4 is 20.1 Å². The van der Waals surface area contributed by atoms with Crippen molar-refractivity contribution in [2.75, 3.05) is 19.7 Å². The van der Waals surface area contributed by atoms with Crippen molar-refractivity contribution in [1.29, 1.82) is 0 Å². The van der Waals surface area contributed by atoms with E-state index in [0.29, 0.717) is 31.9 Å². The van der Waals surface area contributed by atoms with Gasteiger partial charge in [-0.25, -0.2) is 4.79 Å². The van der Waals surface area contributed by atoms with E-state index in [1.807, 2.05) is 42.5 Å². The molecular weight excluding hydrogens is 294 g/mol. The number of pyridine rings is 1. The Morgan fingerprint density at radius 3 is 2.78 bits per heavy atom. The van der Waals surface area contributed by atoms with E-state index in [0.717, 1.165) is 11.4 Å². The number of amides is 2. The first-order valence-corrected chi connectivity index (χ1v) is 7.61. The molecule has 23 heavy (non-hydrogen) atoms. The van der Waals surface area contributed by atoms with Crippen molar-refractivity contribution < 1.29 is 14.3 Å². The Balaban J connectivity index is 1.37. The number of nitrogens with zero attached hydrogens (tertiary/aromatic N) is 1. The second-order valence-corrected chi connectivity index (χ2v) is 5.21. The van der Waals surface area contributed by atoms with Crippen LogP contribution in [0.2, 0.25) is 0 Å². The van der Waals surface area contributed by atoms with Gasteiger partial charge in [0.15, 0.2) is 17.6 Å². The van der Waals surface area contributed by atoms with Crippen LogP contribution in [-0.2, 0) is 6.42 Å². The number of benzene rings is 1. The Morgan fingerprint density at radius 2 is 1.96 bits per heavy atom. The molecule has 120 valence electrons. The predicted octanol–water partition coefficient (Wildman–Crippen LogP) is 1.76. The highest BCUT2D eigenvalue weighted by Gasteiger charge is 2.20. The van der Waals surface area contributed by atoms with Crippen molar-refractivity contribution in [1.82, 2.24) is 15.6 Å². The lowest BCUT2D eigenvalue weighted by Crippen LogP contribution is -2.44. The molecule has 1 aromatic carbocycles. The molecule has 1 unspecified atom stereocenters. The SMILES string of the molecule is O=C(NCCc1ccccn1)NCC1COc2ccccc2O1. The molecule has 2 amide bonds. The minimum absolute atomic E-state index is 0.188. The quantitative estimate of drug-likeness (QED) is 0.882. The van der Waals surface area contributed by atoms with Gasteiger partial charge in [0.05, 0.1) is 6.54 Å². The number of fused-ring (bicyclic) bond motifs is 1.